The highest BCUT2D eigenvalue weighted by atomic mass is 35.5. The highest BCUT2D eigenvalue weighted by Crippen LogP contribution is 2.29. The summed E-state index contributed by atoms with van der Waals surface area (Å²) in [5, 5.41) is 12.1. The topological polar surface area (TPSA) is 66.4 Å². The van der Waals surface area contributed by atoms with Crippen LogP contribution in [0.1, 0.15) is 20.7 Å². The van der Waals surface area contributed by atoms with E-state index >= 15 is 0 Å². The largest absolute Gasteiger partial charge is 0.478 e. The lowest BCUT2D eigenvalue weighted by molar-refractivity contribution is 0.0696. The van der Waals surface area contributed by atoms with E-state index in [1.165, 1.54) is 18.2 Å². The van der Waals surface area contributed by atoms with Crippen molar-refractivity contribution in [2.45, 2.75) is 0 Å². The molecule has 0 bridgehead atoms. The highest BCUT2D eigenvalue weighted by molar-refractivity contribution is 6.38. The second-order valence-electron chi connectivity index (χ2n) is 4.08. The van der Waals surface area contributed by atoms with Gasteiger partial charge in [-0.25, -0.2) is 4.79 Å². The molecule has 108 valence electrons. The average molecular weight is 345 g/mol. The Labute approximate surface area is 135 Å². The normalized spacial score (nSPS) is 10.2. The predicted molar refractivity (Wildman–Crippen MR) is 82.8 cm³/mol. The first-order chi connectivity index (χ1) is 9.88. The van der Waals surface area contributed by atoms with Crippen molar-refractivity contribution in [2.75, 3.05) is 5.32 Å². The summed E-state index contributed by atoms with van der Waals surface area (Å²) < 4.78 is 0. The van der Waals surface area contributed by atoms with Gasteiger partial charge >= 0.3 is 5.97 Å². The van der Waals surface area contributed by atoms with Gasteiger partial charge in [0.1, 0.15) is 0 Å². The van der Waals surface area contributed by atoms with E-state index in [9.17, 15) is 9.59 Å². The number of carbonyl (C=O) groups is 2. The van der Waals surface area contributed by atoms with Crippen molar-refractivity contribution < 1.29 is 14.7 Å². The van der Waals surface area contributed by atoms with Gasteiger partial charge in [0.2, 0.25) is 0 Å². The third kappa shape index (κ3) is 3.67. The van der Waals surface area contributed by atoms with Gasteiger partial charge in [-0.05, 0) is 30.3 Å². The fraction of sp³-hybridized carbons (Fsp3) is 0. The van der Waals surface area contributed by atoms with E-state index in [1.54, 1.807) is 18.2 Å². The van der Waals surface area contributed by atoms with Crippen LogP contribution in [0, 0.1) is 0 Å². The third-order valence-electron chi connectivity index (χ3n) is 2.62. The first kappa shape index (κ1) is 15.6. The molecule has 2 rings (SSSR count). The second kappa shape index (κ2) is 6.35. The summed E-state index contributed by atoms with van der Waals surface area (Å²) in [4.78, 5) is 23.1. The Morgan fingerprint density at radius 3 is 2.33 bits per heavy atom. The van der Waals surface area contributed by atoms with Gasteiger partial charge in [-0.15, -0.1) is 0 Å². The molecule has 0 fully saturated rings. The van der Waals surface area contributed by atoms with Crippen LogP contribution in [0.15, 0.2) is 36.4 Å². The van der Waals surface area contributed by atoms with Gasteiger partial charge in [0.25, 0.3) is 5.91 Å². The van der Waals surface area contributed by atoms with Gasteiger partial charge in [-0.1, -0.05) is 40.9 Å². The Morgan fingerprint density at radius 2 is 1.71 bits per heavy atom. The fourth-order valence-electron chi connectivity index (χ4n) is 1.63. The molecule has 0 spiro atoms. The van der Waals surface area contributed by atoms with Crippen LogP contribution in [0.5, 0.6) is 0 Å². The third-order valence-corrected chi connectivity index (χ3v) is 3.48. The number of carbonyl (C=O) groups excluding carboxylic acids is 1. The van der Waals surface area contributed by atoms with Crippen molar-refractivity contribution >= 4 is 52.4 Å². The Morgan fingerprint density at radius 1 is 1.00 bits per heavy atom. The van der Waals surface area contributed by atoms with Gasteiger partial charge in [0.05, 0.1) is 21.3 Å². The molecule has 7 heteroatoms. The van der Waals surface area contributed by atoms with E-state index in [-0.39, 0.29) is 21.3 Å². The Hall–Kier alpha value is -1.75. The maximum absolute atomic E-state index is 12.1. The number of halogens is 3. The number of rotatable bonds is 3. The molecule has 2 N–H and O–H groups in total. The lowest BCUT2D eigenvalue weighted by Gasteiger charge is -2.09. The molecule has 0 heterocycles. The summed E-state index contributed by atoms with van der Waals surface area (Å²) in [6, 6.07) is 8.79. The molecule has 0 radical (unpaired) electrons. The van der Waals surface area contributed by atoms with E-state index in [0.717, 1.165) is 0 Å². The molecule has 0 saturated carbocycles. The molecular weight excluding hydrogens is 337 g/mol. The quantitative estimate of drug-likeness (QED) is 0.855. The molecule has 1 amide bonds. The van der Waals surface area contributed by atoms with Gasteiger partial charge in [0.15, 0.2) is 0 Å². The molecule has 0 unspecified atom stereocenters. The van der Waals surface area contributed by atoms with Gasteiger partial charge in [-0.2, -0.15) is 0 Å². The van der Waals surface area contributed by atoms with Crippen LogP contribution in [0.3, 0.4) is 0 Å². The van der Waals surface area contributed by atoms with Crippen LogP contribution in [-0.2, 0) is 0 Å². The molecule has 2 aromatic rings. The van der Waals surface area contributed by atoms with Gasteiger partial charge in [0, 0.05) is 10.6 Å². The van der Waals surface area contributed by atoms with Gasteiger partial charge in [-0.3, -0.25) is 4.79 Å². The molecule has 0 aromatic heterocycles. The van der Waals surface area contributed by atoms with E-state index in [1.807, 2.05) is 0 Å². The molecule has 21 heavy (non-hydrogen) atoms. The van der Waals surface area contributed by atoms with E-state index < -0.39 is 11.9 Å². The number of nitrogens with one attached hydrogen (secondary N) is 1. The number of aromatic carboxylic acids is 1. The maximum Gasteiger partial charge on any atom is 0.337 e. The standard InChI is InChI=1S/C14H8Cl3NO3/c15-8-3-1-2-7(4-8)13(19)18-12-5-9(14(20)21)10(16)6-11(12)17/h1-6H,(H,18,19)(H,20,21). The second-order valence-corrected chi connectivity index (χ2v) is 5.33. The summed E-state index contributed by atoms with van der Waals surface area (Å²) >= 11 is 17.5. The van der Waals surface area contributed by atoms with E-state index in [2.05, 4.69) is 5.32 Å². The Balaban J connectivity index is 2.33. The monoisotopic (exact) mass is 343 g/mol. The van der Waals surface area contributed by atoms with Crippen molar-refractivity contribution in [1.29, 1.82) is 0 Å². The summed E-state index contributed by atoms with van der Waals surface area (Å²) in [6.07, 6.45) is 0. The van der Waals surface area contributed by atoms with Crippen molar-refractivity contribution in [3.05, 3.63) is 62.6 Å². The Bertz CT molecular complexity index is 731. The number of anilines is 1. The minimum absolute atomic E-state index is 0.00625. The van der Waals surface area contributed by atoms with Crippen molar-refractivity contribution in [1.82, 2.24) is 0 Å². The molecule has 0 aliphatic heterocycles. The fourth-order valence-corrected chi connectivity index (χ4v) is 2.33. The summed E-state index contributed by atoms with van der Waals surface area (Å²) in [7, 11) is 0. The number of hydrogen-bond donors (Lipinski definition) is 2. The zero-order valence-corrected chi connectivity index (χ0v) is 12.6. The van der Waals surface area contributed by atoms with Crippen LogP contribution in [-0.4, -0.2) is 17.0 Å². The minimum atomic E-state index is -1.21. The van der Waals surface area contributed by atoms with E-state index in [4.69, 9.17) is 39.9 Å². The average Bonchev–Trinajstić information content (AvgIpc) is 2.41. The van der Waals surface area contributed by atoms with Crippen LogP contribution >= 0.6 is 34.8 Å². The lowest BCUT2D eigenvalue weighted by Crippen LogP contribution is -2.13. The van der Waals surface area contributed by atoms with Crippen LogP contribution in [0.2, 0.25) is 15.1 Å². The van der Waals surface area contributed by atoms with Crippen molar-refractivity contribution in [3.8, 4) is 0 Å². The summed E-state index contributed by atoms with van der Waals surface area (Å²) in [6.45, 7) is 0. The van der Waals surface area contributed by atoms with Crippen LogP contribution in [0.4, 0.5) is 5.69 Å². The first-order valence-electron chi connectivity index (χ1n) is 5.67. The molecule has 0 aliphatic rings. The number of amides is 1. The van der Waals surface area contributed by atoms with Crippen molar-refractivity contribution in [2.24, 2.45) is 0 Å². The zero-order chi connectivity index (χ0) is 15.6. The number of benzene rings is 2. The number of hydrogen-bond acceptors (Lipinski definition) is 2. The number of carboxylic acids is 1. The lowest BCUT2D eigenvalue weighted by atomic mass is 10.1. The minimum Gasteiger partial charge on any atom is -0.478 e. The summed E-state index contributed by atoms with van der Waals surface area (Å²) in [5.41, 5.74) is 0.330. The van der Waals surface area contributed by atoms with Crippen LogP contribution in [0.25, 0.3) is 0 Å². The van der Waals surface area contributed by atoms with Gasteiger partial charge < -0.3 is 10.4 Å². The summed E-state index contributed by atoms with van der Waals surface area (Å²) in [5.74, 6) is -1.67. The van der Waals surface area contributed by atoms with E-state index in [0.29, 0.717) is 10.6 Å². The molecule has 4 nitrogen and oxygen atoms in total. The molecule has 0 saturated heterocycles. The highest BCUT2D eigenvalue weighted by Gasteiger charge is 2.15. The number of carboxylic acid groups (broad SMARTS) is 1. The maximum atomic E-state index is 12.1. The first-order valence-corrected chi connectivity index (χ1v) is 6.81. The van der Waals surface area contributed by atoms with Crippen LogP contribution < -0.4 is 5.32 Å². The SMILES string of the molecule is O=C(Nc1cc(C(=O)O)c(Cl)cc1Cl)c1cccc(Cl)c1. The van der Waals surface area contributed by atoms with Crippen molar-refractivity contribution in [3.63, 3.8) is 0 Å². The molecule has 0 atom stereocenters. The molecular formula is C14H8Cl3NO3. The zero-order valence-electron chi connectivity index (χ0n) is 10.4. The molecule has 2 aromatic carbocycles. The molecule has 0 aliphatic carbocycles. The Kier molecular flexibility index (Phi) is 4.73. The smallest absolute Gasteiger partial charge is 0.337 e. The predicted octanol–water partition coefficient (Wildman–Crippen LogP) is 4.60.